The highest BCUT2D eigenvalue weighted by atomic mass is 32.1. The van der Waals surface area contributed by atoms with E-state index in [9.17, 15) is 4.79 Å². The predicted molar refractivity (Wildman–Crippen MR) is 87.8 cm³/mol. The van der Waals surface area contributed by atoms with Gasteiger partial charge in [0.1, 0.15) is 0 Å². The van der Waals surface area contributed by atoms with E-state index in [1.807, 2.05) is 17.5 Å². The Kier molecular flexibility index (Phi) is 5.68. The number of carbonyl (C=O) groups excluding carboxylic acids is 1. The monoisotopic (exact) mass is 321 g/mol. The van der Waals surface area contributed by atoms with Gasteiger partial charge in [0.2, 0.25) is 0 Å². The van der Waals surface area contributed by atoms with E-state index in [1.165, 1.54) is 4.88 Å². The summed E-state index contributed by atoms with van der Waals surface area (Å²) >= 11 is 1.66. The molecule has 0 radical (unpaired) electrons. The van der Waals surface area contributed by atoms with Crippen LogP contribution >= 0.6 is 11.3 Å². The summed E-state index contributed by atoms with van der Waals surface area (Å²) in [6, 6.07) is 4.13. The van der Waals surface area contributed by atoms with Crippen LogP contribution in [-0.2, 0) is 6.54 Å². The van der Waals surface area contributed by atoms with Crippen molar-refractivity contribution in [1.82, 2.24) is 19.9 Å². The Morgan fingerprint density at radius 3 is 2.91 bits per heavy atom. The number of nitrogens with zero attached hydrogens (tertiary/aromatic N) is 4. The van der Waals surface area contributed by atoms with Gasteiger partial charge in [-0.15, -0.1) is 16.4 Å². The van der Waals surface area contributed by atoms with Crippen molar-refractivity contribution in [3.63, 3.8) is 0 Å². The number of thiophene rings is 1. The van der Waals surface area contributed by atoms with Crippen molar-refractivity contribution in [1.29, 1.82) is 0 Å². The van der Waals surface area contributed by atoms with E-state index in [0.717, 1.165) is 6.42 Å². The van der Waals surface area contributed by atoms with E-state index in [4.69, 9.17) is 5.73 Å². The minimum atomic E-state index is -0.117. The number of hydrogen-bond donors (Lipinski definition) is 1. The molecule has 2 rings (SSSR count). The van der Waals surface area contributed by atoms with Gasteiger partial charge < -0.3 is 10.6 Å². The summed E-state index contributed by atoms with van der Waals surface area (Å²) in [4.78, 5) is 15.1. The fourth-order valence-corrected chi connectivity index (χ4v) is 2.70. The molecule has 2 aromatic heterocycles. The van der Waals surface area contributed by atoms with Crippen LogP contribution in [0.4, 0.5) is 0 Å². The first-order valence-corrected chi connectivity index (χ1v) is 8.29. The standard InChI is InChI=1S/C15H23N5OS/c1-11(2)13(16)6-7-19(3)15(21)14-10-20(18-17-14)9-12-5-4-8-22-12/h4-5,8,10-11,13H,6-7,9,16H2,1-3H3. The Hall–Kier alpha value is -1.73. The molecule has 0 aliphatic rings. The Morgan fingerprint density at radius 1 is 1.50 bits per heavy atom. The maximum atomic E-state index is 12.3. The van der Waals surface area contributed by atoms with E-state index < -0.39 is 0 Å². The van der Waals surface area contributed by atoms with Crippen LogP contribution in [0.25, 0.3) is 0 Å². The van der Waals surface area contributed by atoms with Gasteiger partial charge in [-0.3, -0.25) is 4.79 Å². The molecule has 2 N–H and O–H groups in total. The third-order valence-electron chi connectivity index (χ3n) is 3.66. The van der Waals surface area contributed by atoms with Crippen molar-refractivity contribution < 1.29 is 4.79 Å². The maximum absolute atomic E-state index is 12.3. The highest BCUT2D eigenvalue weighted by Gasteiger charge is 2.17. The molecule has 1 atom stereocenters. The first kappa shape index (κ1) is 16.6. The number of carbonyl (C=O) groups is 1. The van der Waals surface area contributed by atoms with Gasteiger partial charge in [-0.05, 0) is 23.8 Å². The van der Waals surface area contributed by atoms with Gasteiger partial charge in [-0.1, -0.05) is 25.1 Å². The lowest BCUT2D eigenvalue weighted by atomic mass is 10.0. The zero-order chi connectivity index (χ0) is 16.1. The maximum Gasteiger partial charge on any atom is 0.275 e. The van der Waals surface area contributed by atoms with Gasteiger partial charge in [0.05, 0.1) is 12.7 Å². The van der Waals surface area contributed by atoms with Crippen LogP contribution in [0.1, 0.15) is 35.6 Å². The number of hydrogen-bond acceptors (Lipinski definition) is 5. The third-order valence-corrected chi connectivity index (χ3v) is 4.52. The number of nitrogens with two attached hydrogens (primary N) is 1. The lowest BCUT2D eigenvalue weighted by Gasteiger charge is -2.20. The SMILES string of the molecule is CC(C)C(N)CCN(C)C(=O)c1cn(Cc2cccs2)nn1. The van der Waals surface area contributed by atoms with Crippen LogP contribution in [0, 0.1) is 5.92 Å². The van der Waals surface area contributed by atoms with Crippen LogP contribution in [0.15, 0.2) is 23.7 Å². The van der Waals surface area contributed by atoms with E-state index >= 15 is 0 Å². The summed E-state index contributed by atoms with van der Waals surface area (Å²) in [7, 11) is 1.77. The van der Waals surface area contributed by atoms with Crippen LogP contribution in [-0.4, -0.2) is 45.4 Å². The third kappa shape index (κ3) is 4.38. The lowest BCUT2D eigenvalue weighted by molar-refractivity contribution is 0.0783. The summed E-state index contributed by atoms with van der Waals surface area (Å²) < 4.78 is 1.69. The molecule has 0 aliphatic carbocycles. The predicted octanol–water partition coefficient (Wildman–Crippen LogP) is 1.83. The molecule has 0 bridgehead atoms. The molecule has 0 aliphatic heterocycles. The van der Waals surface area contributed by atoms with E-state index in [1.54, 1.807) is 34.2 Å². The van der Waals surface area contributed by atoms with Gasteiger partial charge in [0.15, 0.2) is 5.69 Å². The second-order valence-electron chi connectivity index (χ2n) is 5.80. The van der Waals surface area contributed by atoms with Crippen molar-refractivity contribution in [2.75, 3.05) is 13.6 Å². The number of rotatable bonds is 7. The van der Waals surface area contributed by atoms with Crippen molar-refractivity contribution in [2.24, 2.45) is 11.7 Å². The number of aromatic nitrogens is 3. The van der Waals surface area contributed by atoms with Crippen LogP contribution in [0.5, 0.6) is 0 Å². The minimum Gasteiger partial charge on any atom is -0.340 e. The highest BCUT2D eigenvalue weighted by molar-refractivity contribution is 7.09. The molecular formula is C15H23N5OS. The van der Waals surface area contributed by atoms with E-state index in [2.05, 4.69) is 24.2 Å². The molecule has 0 aromatic carbocycles. The summed E-state index contributed by atoms with van der Waals surface area (Å²) in [5.41, 5.74) is 6.39. The number of amides is 1. The molecule has 1 amide bonds. The molecule has 22 heavy (non-hydrogen) atoms. The molecule has 0 saturated heterocycles. The first-order valence-electron chi connectivity index (χ1n) is 7.41. The minimum absolute atomic E-state index is 0.102. The normalized spacial score (nSPS) is 12.6. The Bertz CT molecular complexity index is 593. The molecule has 2 aromatic rings. The van der Waals surface area contributed by atoms with Gasteiger partial charge in [0, 0.05) is 24.5 Å². The fraction of sp³-hybridized carbons (Fsp3) is 0.533. The average molecular weight is 321 g/mol. The molecule has 1 unspecified atom stereocenters. The van der Waals surface area contributed by atoms with Gasteiger partial charge in [0.25, 0.3) is 5.91 Å². The summed E-state index contributed by atoms with van der Waals surface area (Å²) in [5, 5.41) is 10.0. The molecule has 7 heteroatoms. The van der Waals surface area contributed by atoms with Crippen LogP contribution in [0.2, 0.25) is 0 Å². The Balaban J connectivity index is 1.90. The summed E-state index contributed by atoms with van der Waals surface area (Å²) in [6.07, 6.45) is 2.48. The smallest absolute Gasteiger partial charge is 0.275 e. The van der Waals surface area contributed by atoms with Crippen molar-refractivity contribution >= 4 is 17.2 Å². The van der Waals surface area contributed by atoms with E-state index in [-0.39, 0.29) is 11.9 Å². The van der Waals surface area contributed by atoms with Gasteiger partial charge >= 0.3 is 0 Å². The van der Waals surface area contributed by atoms with Crippen LogP contribution in [0.3, 0.4) is 0 Å². The average Bonchev–Trinajstić information content (AvgIpc) is 3.15. The zero-order valence-corrected chi connectivity index (χ0v) is 14.1. The summed E-state index contributed by atoms with van der Waals surface area (Å²) in [6.45, 7) is 5.43. The molecule has 0 spiro atoms. The van der Waals surface area contributed by atoms with Crippen LogP contribution < -0.4 is 5.73 Å². The molecule has 2 heterocycles. The zero-order valence-electron chi connectivity index (χ0n) is 13.3. The Morgan fingerprint density at radius 2 is 2.27 bits per heavy atom. The van der Waals surface area contributed by atoms with Crippen molar-refractivity contribution in [3.8, 4) is 0 Å². The Labute approximate surface area is 134 Å². The van der Waals surface area contributed by atoms with Crippen molar-refractivity contribution in [2.45, 2.75) is 32.9 Å². The molecule has 0 fully saturated rings. The van der Waals surface area contributed by atoms with E-state index in [0.29, 0.717) is 24.7 Å². The van der Waals surface area contributed by atoms with Gasteiger partial charge in [-0.25, -0.2) is 4.68 Å². The second-order valence-corrected chi connectivity index (χ2v) is 6.84. The quantitative estimate of drug-likeness (QED) is 0.844. The largest absolute Gasteiger partial charge is 0.340 e. The fourth-order valence-electron chi connectivity index (χ4n) is 2.01. The van der Waals surface area contributed by atoms with Crippen molar-refractivity contribution in [3.05, 3.63) is 34.3 Å². The lowest BCUT2D eigenvalue weighted by Crippen LogP contribution is -2.34. The molecule has 0 saturated carbocycles. The molecule has 6 nitrogen and oxygen atoms in total. The molecular weight excluding hydrogens is 298 g/mol. The molecule has 120 valence electrons. The topological polar surface area (TPSA) is 77.0 Å². The van der Waals surface area contributed by atoms with Gasteiger partial charge in [-0.2, -0.15) is 0 Å². The summed E-state index contributed by atoms with van der Waals surface area (Å²) in [5.74, 6) is 0.295. The first-order chi connectivity index (χ1) is 10.5. The highest BCUT2D eigenvalue weighted by Crippen LogP contribution is 2.11. The second kappa shape index (κ2) is 7.51.